The van der Waals surface area contributed by atoms with E-state index < -0.39 is 0 Å². The first kappa shape index (κ1) is 14.7. The molecule has 0 bridgehead atoms. The van der Waals surface area contributed by atoms with Gasteiger partial charge in [0.2, 0.25) is 0 Å². The van der Waals surface area contributed by atoms with Gasteiger partial charge >= 0.3 is 0 Å². The van der Waals surface area contributed by atoms with E-state index in [4.69, 9.17) is 0 Å². The molecule has 1 aliphatic rings. The smallest absolute Gasteiger partial charge is 0.255 e. The van der Waals surface area contributed by atoms with Crippen LogP contribution in [0, 0.1) is 0 Å². The summed E-state index contributed by atoms with van der Waals surface area (Å²) in [5.41, 5.74) is 2.07. The number of aromatic nitrogens is 1. The Bertz CT molecular complexity index is 1480. The summed E-state index contributed by atoms with van der Waals surface area (Å²) >= 11 is 1.80. The molecule has 3 aromatic carbocycles. The normalized spacial score (nSPS) is 13.7. The molecule has 0 aliphatic carbocycles. The van der Waals surface area contributed by atoms with Gasteiger partial charge in [-0.15, -0.1) is 11.3 Å². The molecule has 0 unspecified atom stereocenters. The Hall–Kier alpha value is -3.46. The topological polar surface area (TPSA) is 37.5 Å². The predicted octanol–water partition coefficient (Wildman–Crippen LogP) is 6.18. The van der Waals surface area contributed by atoms with Crippen LogP contribution in [-0.4, -0.2) is 15.9 Å². The second-order valence-corrected chi connectivity index (χ2v) is 7.68. The monoisotopic (exact) mass is 365 g/mol. The molecule has 2 aromatic heterocycles. The quantitative estimate of drug-likeness (QED) is 0.354. The molecular formula is C23H13N2OS+. The molecular weight excluding hydrogens is 352 g/mol. The predicted molar refractivity (Wildman–Crippen MR) is 115 cm³/mol. The molecule has 0 spiro atoms. The molecule has 0 saturated heterocycles. The first-order chi connectivity index (χ1) is 13.3. The highest BCUT2D eigenvalue weighted by Gasteiger charge is 2.22. The van der Waals surface area contributed by atoms with Crippen molar-refractivity contribution >= 4 is 65.4 Å². The van der Waals surface area contributed by atoms with Gasteiger partial charge in [0, 0.05) is 37.0 Å². The number of thiophene rings is 1. The van der Waals surface area contributed by atoms with E-state index in [0.717, 1.165) is 27.6 Å². The number of fused-ring (bicyclic) bond motifs is 7. The number of phenolic OH excluding ortho intramolecular Hbond substituents is 1. The van der Waals surface area contributed by atoms with Gasteiger partial charge in [0.15, 0.2) is 6.21 Å². The number of hydrogen-bond acceptors (Lipinski definition) is 3. The largest absolute Gasteiger partial charge is 0.508 e. The van der Waals surface area contributed by atoms with E-state index in [2.05, 4.69) is 52.2 Å². The Morgan fingerprint density at radius 1 is 0.926 bits per heavy atom. The maximum absolute atomic E-state index is 10.1. The molecule has 5 aromatic rings. The van der Waals surface area contributed by atoms with Gasteiger partial charge in [0.05, 0.1) is 23.2 Å². The summed E-state index contributed by atoms with van der Waals surface area (Å²) < 4.78 is 4.66. The van der Waals surface area contributed by atoms with Crippen LogP contribution in [0.25, 0.3) is 47.8 Å². The van der Waals surface area contributed by atoms with Crippen LogP contribution in [0.3, 0.4) is 0 Å². The van der Waals surface area contributed by atoms with Crippen LogP contribution >= 0.6 is 11.3 Å². The first-order valence-corrected chi connectivity index (χ1v) is 9.54. The summed E-state index contributed by atoms with van der Waals surface area (Å²) in [4.78, 5) is 4.48. The van der Waals surface area contributed by atoms with Gasteiger partial charge in [-0.1, -0.05) is 24.3 Å². The van der Waals surface area contributed by atoms with Crippen LogP contribution in [0.15, 0.2) is 77.8 Å². The molecule has 3 nitrogen and oxygen atoms in total. The number of nitrogens with zero attached hydrogens (tertiary/aromatic N) is 2. The Morgan fingerprint density at radius 3 is 2.70 bits per heavy atom. The molecule has 3 heterocycles. The number of rotatable bonds is 1. The second-order valence-electron chi connectivity index (χ2n) is 6.59. The highest BCUT2D eigenvalue weighted by molar-refractivity contribution is 7.26. The van der Waals surface area contributed by atoms with Gasteiger partial charge < -0.3 is 5.11 Å². The fourth-order valence-corrected chi connectivity index (χ4v) is 5.09. The molecule has 1 aliphatic heterocycles. The van der Waals surface area contributed by atoms with Crippen LogP contribution in [0.5, 0.6) is 5.75 Å². The highest BCUT2D eigenvalue weighted by atomic mass is 32.1. The molecule has 0 fully saturated rings. The van der Waals surface area contributed by atoms with Crippen molar-refractivity contribution in [1.82, 2.24) is 4.57 Å². The van der Waals surface area contributed by atoms with Crippen molar-refractivity contribution in [3.63, 3.8) is 0 Å². The van der Waals surface area contributed by atoms with Gasteiger partial charge in [-0.3, -0.25) is 0 Å². The maximum Gasteiger partial charge on any atom is 0.255 e. The summed E-state index contributed by atoms with van der Waals surface area (Å²) in [6, 6.07) is 18.4. The van der Waals surface area contributed by atoms with Crippen LogP contribution < -0.4 is 0 Å². The van der Waals surface area contributed by atoms with Crippen molar-refractivity contribution in [2.75, 3.05) is 0 Å². The molecule has 4 heteroatoms. The Kier molecular flexibility index (Phi) is 2.87. The van der Waals surface area contributed by atoms with Crippen molar-refractivity contribution in [3.8, 4) is 5.75 Å². The second kappa shape index (κ2) is 5.27. The molecule has 0 radical (unpaired) electrons. The third kappa shape index (κ3) is 1.97. The van der Waals surface area contributed by atoms with Crippen molar-refractivity contribution in [2.24, 2.45) is 4.99 Å². The number of aromatic hydroxyl groups is 1. The zero-order chi connectivity index (χ0) is 18.0. The van der Waals surface area contributed by atoms with Gasteiger partial charge in [-0.2, -0.15) is 0 Å². The van der Waals surface area contributed by atoms with E-state index >= 15 is 0 Å². The van der Waals surface area contributed by atoms with E-state index in [1.54, 1.807) is 23.5 Å². The van der Waals surface area contributed by atoms with Gasteiger partial charge in [0.1, 0.15) is 11.8 Å². The fourth-order valence-electron chi connectivity index (χ4n) is 3.98. The van der Waals surface area contributed by atoms with E-state index in [1.807, 2.05) is 24.3 Å². The van der Waals surface area contributed by atoms with Crippen molar-refractivity contribution < 1.29 is 5.11 Å². The average molecular weight is 365 g/mol. The lowest BCUT2D eigenvalue weighted by Crippen LogP contribution is -1.96. The van der Waals surface area contributed by atoms with Crippen LogP contribution in [-0.2, 0) is 0 Å². The summed E-state index contributed by atoms with van der Waals surface area (Å²) in [7, 11) is 0. The van der Waals surface area contributed by atoms with Crippen molar-refractivity contribution in [1.29, 1.82) is 0 Å². The number of hydrogen-bond donors (Lipinski definition) is 1. The molecule has 1 N–H and O–H groups in total. The molecule has 0 atom stereocenters. The van der Waals surface area contributed by atoms with Gasteiger partial charge in [-0.05, 0) is 29.3 Å². The summed E-state index contributed by atoms with van der Waals surface area (Å²) in [5.74, 6) is 1.05. The lowest BCUT2D eigenvalue weighted by molar-refractivity contribution is 0.476. The number of allylic oxidation sites excluding steroid dienone is 3. The third-order valence-electron chi connectivity index (χ3n) is 5.08. The van der Waals surface area contributed by atoms with E-state index in [-0.39, 0.29) is 5.75 Å². The molecule has 6 rings (SSSR count). The SMILES string of the molecule is Oc1ccc2c3ccc4sc5ccccc5c4c3n(C3=CC=C[C+]=N3)c2c1. The lowest BCUT2D eigenvalue weighted by atomic mass is 10.1. The minimum absolute atomic E-state index is 0.248. The standard InChI is InChI=1S/C23H12N2OS/c26-14-8-9-15-16-10-11-20-22(17-5-1-2-6-19(17)27-20)23(16)25(18(15)13-14)21-7-3-4-12-24-21/h1-11,13H/p+1. The van der Waals surface area contributed by atoms with Crippen LogP contribution in [0.4, 0.5) is 0 Å². The average Bonchev–Trinajstić information content (AvgIpc) is 3.23. The molecule has 126 valence electrons. The number of phenols is 1. The third-order valence-corrected chi connectivity index (χ3v) is 6.21. The van der Waals surface area contributed by atoms with E-state index in [1.165, 1.54) is 20.2 Å². The fraction of sp³-hybridized carbons (Fsp3) is 0. The Morgan fingerprint density at radius 2 is 1.81 bits per heavy atom. The minimum atomic E-state index is 0.248. The summed E-state index contributed by atoms with van der Waals surface area (Å²) in [6.07, 6.45) is 8.66. The van der Waals surface area contributed by atoms with Crippen LogP contribution in [0.1, 0.15) is 0 Å². The highest BCUT2D eigenvalue weighted by Crippen LogP contribution is 2.43. The number of benzene rings is 3. The Balaban J connectivity index is 1.93. The van der Waals surface area contributed by atoms with E-state index in [9.17, 15) is 5.11 Å². The molecule has 27 heavy (non-hydrogen) atoms. The van der Waals surface area contributed by atoms with Gasteiger partial charge in [-0.25, -0.2) is 4.57 Å². The zero-order valence-corrected chi connectivity index (χ0v) is 15.0. The van der Waals surface area contributed by atoms with Crippen molar-refractivity contribution in [3.05, 3.63) is 72.8 Å². The molecule has 0 amide bonds. The van der Waals surface area contributed by atoms with Crippen LogP contribution in [0.2, 0.25) is 0 Å². The first-order valence-electron chi connectivity index (χ1n) is 8.72. The zero-order valence-electron chi connectivity index (χ0n) is 14.2. The van der Waals surface area contributed by atoms with Crippen molar-refractivity contribution in [2.45, 2.75) is 0 Å². The number of aliphatic imine (C=N–C) groups is 1. The Labute approximate surface area is 158 Å². The van der Waals surface area contributed by atoms with E-state index in [0.29, 0.717) is 0 Å². The minimum Gasteiger partial charge on any atom is -0.508 e. The lowest BCUT2D eigenvalue weighted by Gasteiger charge is -2.04. The van der Waals surface area contributed by atoms with Gasteiger partial charge in [0.25, 0.3) is 5.82 Å². The summed E-state index contributed by atoms with van der Waals surface area (Å²) in [6.45, 7) is 0. The summed E-state index contributed by atoms with van der Waals surface area (Å²) in [5, 5.41) is 14.9. The maximum atomic E-state index is 10.1. The molecule has 0 saturated carbocycles.